The van der Waals surface area contributed by atoms with Crippen molar-refractivity contribution < 1.29 is 19.1 Å². The molecule has 0 bridgehead atoms. The first-order valence-corrected chi connectivity index (χ1v) is 8.97. The van der Waals surface area contributed by atoms with Crippen molar-refractivity contribution >= 4 is 34.5 Å². The van der Waals surface area contributed by atoms with Gasteiger partial charge in [0.25, 0.3) is 11.8 Å². The lowest BCUT2D eigenvalue weighted by molar-refractivity contribution is 0.101. The van der Waals surface area contributed by atoms with Gasteiger partial charge in [0.15, 0.2) is 0 Å². The molecule has 7 heteroatoms. The molecule has 0 aliphatic rings. The van der Waals surface area contributed by atoms with E-state index in [2.05, 4.69) is 10.6 Å². The molecule has 3 rings (SSSR count). The van der Waals surface area contributed by atoms with Gasteiger partial charge in [0.05, 0.1) is 24.8 Å². The first-order valence-electron chi connectivity index (χ1n) is 8.09. The SMILES string of the molecule is COc1cccc(C(=O)Nc2ccc(NC(=O)c3cccs3)c(OC)c2)c1. The fourth-order valence-electron chi connectivity index (χ4n) is 2.43. The maximum atomic E-state index is 12.4. The third-order valence-corrected chi connectivity index (χ3v) is 4.65. The number of thiophene rings is 1. The van der Waals surface area contributed by atoms with Crippen LogP contribution in [0.2, 0.25) is 0 Å². The molecule has 0 aliphatic carbocycles. The molecular formula is C20H18N2O4S. The lowest BCUT2D eigenvalue weighted by atomic mass is 10.2. The molecule has 2 aromatic carbocycles. The summed E-state index contributed by atoms with van der Waals surface area (Å²) in [4.78, 5) is 25.2. The average molecular weight is 382 g/mol. The van der Waals surface area contributed by atoms with Gasteiger partial charge in [-0.3, -0.25) is 9.59 Å². The molecule has 2 amide bonds. The molecule has 3 aromatic rings. The van der Waals surface area contributed by atoms with Gasteiger partial charge in [-0.25, -0.2) is 0 Å². The smallest absolute Gasteiger partial charge is 0.265 e. The molecule has 0 saturated heterocycles. The van der Waals surface area contributed by atoms with Gasteiger partial charge in [0.1, 0.15) is 11.5 Å². The fourth-order valence-corrected chi connectivity index (χ4v) is 3.05. The van der Waals surface area contributed by atoms with E-state index in [-0.39, 0.29) is 11.8 Å². The van der Waals surface area contributed by atoms with Crippen LogP contribution in [0.25, 0.3) is 0 Å². The number of hydrogen-bond donors (Lipinski definition) is 2. The highest BCUT2D eigenvalue weighted by atomic mass is 32.1. The van der Waals surface area contributed by atoms with Gasteiger partial charge >= 0.3 is 0 Å². The van der Waals surface area contributed by atoms with Crippen LogP contribution in [0.4, 0.5) is 11.4 Å². The lowest BCUT2D eigenvalue weighted by Gasteiger charge is -2.12. The Hall–Kier alpha value is -3.32. The van der Waals surface area contributed by atoms with Gasteiger partial charge in [0.2, 0.25) is 0 Å². The van der Waals surface area contributed by atoms with Gasteiger partial charge < -0.3 is 20.1 Å². The number of carbonyl (C=O) groups is 2. The number of methoxy groups -OCH3 is 2. The highest BCUT2D eigenvalue weighted by Gasteiger charge is 2.13. The van der Waals surface area contributed by atoms with E-state index in [0.29, 0.717) is 33.3 Å². The number of anilines is 2. The Morgan fingerprint density at radius 2 is 1.74 bits per heavy atom. The summed E-state index contributed by atoms with van der Waals surface area (Å²) in [6.45, 7) is 0. The molecule has 0 unspecified atom stereocenters. The number of ether oxygens (including phenoxy) is 2. The fraction of sp³-hybridized carbons (Fsp3) is 0.100. The molecule has 1 aromatic heterocycles. The summed E-state index contributed by atoms with van der Waals surface area (Å²) in [6, 6.07) is 15.5. The van der Waals surface area contributed by atoms with Gasteiger partial charge in [-0.2, -0.15) is 0 Å². The molecule has 0 aliphatic heterocycles. The predicted molar refractivity (Wildman–Crippen MR) is 106 cm³/mol. The summed E-state index contributed by atoms with van der Waals surface area (Å²) in [7, 11) is 3.05. The molecule has 2 N–H and O–H groups in total. The van der Waals surface area contributed by atoms with Gasteiger partial charge in [-0.1, -0.05) is 12.1 Å². The summed E-state index contributed by atoms with van der Waals surface area (Å²) < 4.78 is 10.5. The molecule has 27 heavy (non-hydrogen) atoms. The molecule has 0 radical (unpaired) electrons. The Bertz CT molecular complexity index is 954. The Morgan fingerprint density at radius 1 is 0.889 bits per heavy atom. The number of benzene rings is 2. The van der Waals surface area contributed by atoms with E-state index >= 15 is 0 Å². The van der Waals surface area contributed by atoms with Crippen molar-refractivity contribution in [3.8, 4) is 11.5 Å². The standard InChI is InChI=1S/C20H18N2O4S/c1-25-15-6-3-5-13(11-15)19(23)21-14-8-9-16(17(12-14)26-2)22-20(24)18-7-4-10-27-18/h3-12H,1-2H3,(H,21,23)(H,22,24). The second-order valence-corrected chi connectivity index (χ2v) is 6.48. The van der Waals surface area contributed by atoms with Crippen LogP contribution >= 0.6 is 11.3 Å². The number of rotatable bonds is 6. The van der Waals surface area contributed by atoms with Crippen molar-refractivity contribution in [1.29, 1.82) is 0 Å². The van der Waals surface area contributed by atoms with Crippen molar-refractivity contribution in [3.63, 3.8) is 0 Å². The number of hydrogen-bond acceptors (Lipinski definition) is 5. The second kappa shape index (κ2) is 8.37. The molecule has 0 saturated carbocycles. The van der Waals surface area contributed by atoms with E-state index in [0.717, 1.165) is 0 Å². The minimum absolute atomic E-state index is 0.212. The summed E-state index contributed by atoms with van der Waals surface area (Å²) in [6.07, 6.45) is 0. The van der Waals surface area contributed by atoms with Crippen molar-refractivity contribution in [2.45, 2.75) is 0 Å². The Balaban J connectivity index is 1.75. The molecule has 0 atom stereocenters. The van der Waals surface area contributed by atoms with Gasteiger partial charge in [-0.15, -0.1) is 11.3 Å². The Labute approximate surface area is 160 Å². The minimum Gasteiger partial charge on any atom is -0.497 e. The average Bonchev–Trinajstić information content (AvgIpc) is 3.24. The van der Waals surface area contributed by atoms with E-state index in [1.807, 2.05) is 11.4 Å². The zero-order valence-corrected chi connectivity index (χ0v) is 15.6. The van der Waals surface area contributed by atoms with Crippen molar-refractivity contribution in [2.24, 2.45) is 0 Å². The maximum absolute atomic E-state index is 12.4. The van der Waals surface area contributed by atoms with E-state index < -0.39 is 0 Å². The van der Waals surface area contributed by atoms with E-state index in [1.165, 1.54) is 18.4 Å². The molecule has 0 fully saturated rings. The van der Waals surface area contributed by atoms with Crippen LogP contribution in [-0.2, 0) is 0 Å². The van der Waals surface area contributed by atoms with Crippen LogP contribution in [-0.4, -0.2) is 26.0 Å². The molecule has 1 heterocycles. The monoisotopic (exact) mass is 382 g/mol. The van der Waals surface area contributed by atoms with Crippen molar-refractivity contribution in [2.75, 3.05) is 24.9 Å². The third kappa shape index (κ3) is 4.45. The molecule has 6 nitrogen and oxygen atoms in total. The predicted octanol–water partition coefficient (Wildman–Crippen LogP) is 4.27. The van der Waals surface area contributed by atoms with Crippen molar-refractivity contribution in [1.82, 2.24) is 0 Å². The summed E-state index contributed by atoms with van der Waals surface area (Å²) in [5.41, 5.74) is 1.55. The highest BCUT2D eigenvalue weighted by Crippen LogP contribution is 2.29. The molecule has 0 spiro atoms. The van der Waals surface area contributed by atoms with Crippen molar-refractivity contribution in [3.05, 3.63) is 70.4 Å². The Morgan fingerprint density at radius 3 is 2.44 bits per heavy atom. The third-order valence-electron chi connectivity index (χ3n) is 3.78. The van der Waals surface area contributed by atoms with Gasteiger partial charge in [-0.05, 0) is 41.8 Å². The first kappa shape index (κ1) is 18.5. The van der Waals surface area contributed by atoms with Crippen LogP contribution in [0.3, 0.4) is 0 Å². The zero-order chi connectivity index (χ0) is 19.2. The molecule has 138 valence electrons. The number of nitrogens with one attached hydrogen (secondary N) is 2. The van der Waals surface area contributed by atoms with E-state index in [4.69, 9.17) is 9.47 Å². The maximum Gasteiger partial charge on any atom is 0.265 e. The minimum atomic E-state index is -0.272. The quantitative estimate of drug-likeness (QED) is 0.667. The normalized spacial score (nSPS) is 10.1. The zero-order valence-electron chi connectivity index (χ0n) is 14.8. The van der Waals surface area contributed by atoms with Crippen LogP contribution in [0.1, 0.15) is 20.0 Å². The largest absolute Gasteiger partial charge is 0.497 e. The first-order chi connectivity index (χ1) is 13.1. The Kier molecular flexibility index (Phi) is 5.73. The second-order valence-electron chi connectivity index (χ2n) is 5.53. The summed E-state index contributed by atoms with van der Waals surface area (Å²) >= 11 is 1.36. The summed E-state index contributed by atoms with van der Waals surface area (Å²) in [5, 5.41) is 7.45. The van der Waals surface area contributed by atoms with E-state index in [1.54, 1.807) is 55.6 Å². The van der Waals surface area contributed by atoms with Gasteiger partial charge in [0, 0.05) is 17.3 Å². The van der Waals surface area contributed by atoms with Crippen LogP contribution in [0.5, 0.6) is 11.5 Å². The van der Waals surface area contributed by atoms with Crippen LogP contribution < -0.4 is 20.1 Å². The number of amides is 2. The van der Waals surface area contributed by atoms with E-state index in [9.17, 15) is 9.59 Å². The molecular weight excluding hydrogens is 364 g/mol. The number of carbonyl (C=O) groups excluding carboxylic acids is 2. The van der Waals surface area contributed by atoms with Crippen LogP contribution in [0.15, 0.2) is 60.0 Å². The van der Waals surface area contributed by atoms with Crippen LogP contribution in [0, 0.1) is 0 Å². The highest BCUT2D eigenvalue weighted by molar-refractivity contribution is 7.12. The topological polar surface area (TPSA) is 76.7 Å². The summed E-state index contributed by atoms with van der Waals surface area (Å²) in [5.74, 6) is 0.568. The lowest BCUT2D eigenvalue weighted by Crippen LogP contribution is -2.13.